The molecule has 2 aliphatic rings. The van der Waals surface area contributed by atoms with Crippen LogP contribution in [0.25, 0.3) is 4.96 Å². The fourth-order valence-corrected chi connectivity index (χ4v) is 4.59. The average molecular weight is 277 g/mol. The van der Waals surface area contributed by atoms with Crippen LogP contribution in [0.1, 0.15) is 55.9 Å². The molecule has 0 radical (unpaired) electrons. The molecule has 2 aromatic rings. The summed E-state index contributed by atoms with van der Waals surface area (Å²) >= 11 is 1.70. The highest BCUT2D eigenvalue weighted by molar-refractivity contribution is 7.16. The molecule has 0 amide bonds. The molecule has 1 saturated carbocycles. The first kappa shape index (κ1) is 11.8. The minimum absolute atomic E-state index is 0.362. The molecule has 5 nitrogen and oxygen atoms in total. The third-order valence-electron chi connectivity index (χ3n) is 4.56. The lowest BCUT2D eigenvalue weighted by molar-refractivity contribution is 0.417. The van der Waals surface area contributed by atoms with E-state index in [1.54, 1.807) is 11.3 Å². The first-order valence-electron chi connectivity index (χ1n) is 7.19. The lowest BCUT2D eigenvalue weighted by Gasteiger charge is -2.14. The maximum atomic E-state index is 4.78. The van der Waals surface area contributed by atoms with Crippen molar-refractivity contribution in [3.05, 3.63) is 10.8 Å². The third kappa shape index (κ3) is 1.73. The Kier molecular flexibility index (Phi) is 2.63. The van der Waals surface area contributed by atoms with Crippen LogP contribution in [-0.2, 0) is 0 Å². The Hall–Kier alpha value is -1.01. The van der Waals surface area contributed by atoms with Crippen molar-refractivity contribution in [2.24, 2.45) is 11.8 Å². The fourth-order valence-electron chi connectivity index (χ4n) is 3.59. The number of fused-ring (bicyclic) bond motifs is 2. The minimum Gasteiger partial charge on any atom is -0.307 e. The van der Waals surface area contributed by atoms with Crippen LogP contribution in [0, 0.1) is 11.8 Å². The van der Waals surface area contributed by atoms with Crippen molar-refractivity contribution in [1.29, 1.82) is 0 Å². The zero-order valence-corrected chi connectivity index (χ0v) is 12.2. The van der Waals surface area contributed by atoms with Crippen molar-refractivity contribution < 1.29 is 0 Å². The van der Waals surface area contributed by atoms with E-state index in [9.17, 15) is 0 Å². The molecule has 4 rings (SSSR count). The first-order valence-corrected chi connectivity index (χ1v) is 8.01. The van der Waals surface area contributed by atoms with Gasteiger partial charge in [0.05, 0.1) is 6.04 Å². The van der Waals surface area contributed by atoms with Gasteiger partial charge in [-0.15, -0.1) is 10.2 Å². The molecular weight excluding hydrogens is 258 g/mol. The standard InChI is InChI=1S/C13H19N5S/c1-7(2)11-15-16-13-18(11)17-12(19-13)10-9-5-3-4-8(9)6-14-10/h7-10,14H,3-6H2,1-2H3. The molecule has 19 heavy (non-hydrogen) atoms. The monoisotopic (exact) mass is 277 g/mol. The second-order valence-corrected chi connectivity index (χ2v) is 7.08. The zero-order valence-electron chi connectivity index (χ0n) is 11.3. The number of nitrogens with zero attached hydrogens (tertiary/aromatic N) is 4. The van der Waals surface area contributed by atoms with Crippen molar-refractivity contribution in [2.75, 3.05) is 6.54 Å². The topological polar surface area (TPSA) is 55.1 Å². The van der Waals surface area contributed by atoms with Crippen LogP contribution in [0.5, 0.6) is 0 Å². The van der Waals surface area contributed by atoms with Crippen LogP contribution in [0.3, 0.4) is 0 Å². The van der Waals surface area contributed by atoms with E-state index in [-0.39, 0.29) is 0 Å². The summed E-state index contributed by atoms with van der Waals surface area (Å²) in [7, 11) is 0. The Morgan fingerprint density at radius 3 is 3.05 bits per heavy atom. The summed E-state index contributed by atoms with van der Waals surface area (Å²) < 4.78 is 1.94. The van der Waals surface area contributed by atoms with Crippen molar-refractivity contribution >= 4 is 16.3 Å². The van der Waals surface area contributed by atoms with Gasteiger partial charge >= 0.3 is 0 Å². The Morgan fingerprint density at radius 2 is 2.21 bits per heavy atom. The lowest BCUT2D eigenvalue weighted by atomic mass is 9.94. The van der Waals surface area contributed by atoms with Gasteiger partial charge in [0.15, 0.2) is 5.82 Å². The molecule has 0 spiro atoms. The maximum absolute atomic E-state index is 4.78. The van der Waals surface area contributed by atoms with Gasteiger partial charge in [-0.05, 0) is 31.2 Å². The Morgan fingerprint density at radius 1 is 1.32 bits per heavy atom. The van der Waals surface area contributed by atoms with Crippen LogP contribution in [0.2, 0.25) is 0 Å². The van der Waals surface area contributed by atoms with Gasteiger partial charge in [0.2, 0.25) is 4.96 Å². The van der Waals surface area contributed by atoms with Crippen molar-refractivity contribution in [2.45, 2.75) is 45.1 Å². The average Bonchev–Trinajstić information content (AvgIpc) is 3.07. The first-order chi connectivity index (χ1) is 9.24. The van der Waals surface area contributed by atoms with E-state index in [4.69, 9.17) is 5.10 Å². The summed E-state index contributed by atoms with van der Waals surface area (Å²) in [5.41, 5.74) is 0. The predicted molar refractivity (Wildman–Crippen MR) is 74.3 cm³/mol. The molecular formula is C13H19N5S. The molecule has 102 valence electrons. The number of hydrogen-bond acceptors (Lipinski definition) is 5. The number of nitrogens with one attached hydrogen (secondary N) is 1. The minimum atomic E-state index is 0.362. The Bertz CT molecular complexity index is 601. The smallest absolute Gasteiger partial charge is 0.234 e. The van der Waals surface area contributed by atoms with E-state index in [0.29, 0.717) is 12.0 Å². The molecule has 2 fully saturated rings. The summed E-state index contributed by atoms with van der Waals surface area (Å²) in [6.07, 6.45) is 4.11. The summed E-state index contributed by atoms with van der Waals surface area (Å²) in [6.45, 7) is 5.43. The molecule has 3 heterocycles. The molecule has 6 heteroatoms. The predicted octanol–water partition coefficient (Wildman–Crippen LogP) is 2.37. The Balaban J connectivity index is 1.71. The molecule has 1 N–H and O–H groups in total. The van der Waals surface area contributed by atoms with E-state index >= 15 is 0 Å². The zero-order chi connectivity index (χ0) is 13.0. The van der Waals surface area contributed by atoms with E-state index in [1.165, 1.54) is 24.3 Å². The highest BCUT2D eigenvalue weighted by atomic mass is 32.1. The van der Waals surface area contributed by atoms with Gasteiger partial charge in [0.1, 0.15) is 5.01 Å². The van der Waals surface area contributed by atoms with Gasteiger partial charge in [0.25, 0.3) is 0 Å². The van der Waals surface area contributed by atoms with Gasteiger partial charge in [-0.1, -0.05) is 31.6 Å². The molecule has 1 aliphatic heterocycles. The number of aromatic nitrogens is 4. The van der Waals surface area contributed by atoms with Gasteiger partial charge in [0, 0.05) is 5.92 Å². The highest BCUT2D eigenvalue weighted by Gasteiger charge is 2.41. The second kappa shape index (κ2) is 4.24. The number of hydrogen-bond donors (Lipinski definition) is 1. The van der Waals surface area contributed by atoms with Crippen molar-refractivity contribution in [3.63, 3.8) is 0 Å². The van der Waals surface area contributed by atoms with Gasteiger partial charge in [-0.3, -0.25) is 0 Å². The van der Waals surface area contributed by atoms with Crippen LogP contribution < -0.4 is 5.32 Å². The molecule has 0 aromatic carbocycles. The van der Waals surface area contributed by atoms with Gasteiger partial charge in [-0.2, -0.15) is 9.61 Å². The molecule has 2 aromatic heterocycles. The van der Waals surface area contributed by atoms with Gasteiger partial charge in [-0.25, -0.2) is 0 Å². The summed E-state index contributed by atoms with van der Waals surface area (Å²) in [5.74, 6) is 2.98. The molecule has 0 bridgehead atoms. The largest absolute Gasteiger partial charge is 0.307 e. The quantitative estimate of drug-likeness (QED) is 0.915. The van der Waals surface area contributed by atoms with E-state index in [0.717, 1.165) is 29.2 Å². The van der Waals surface area contributed by atoms with E-state index < -0.39 is 0 Å². The van der Waals surface area contributed by atoms with Crippen LogP contribution in [-0.4, -0.2) is 26.4 Å². The molecule has 1 saturated heterocycles. The molecule has 3 atom stereocenters. The molecule has 3 unspecified atom stereocenters. The Labute approximate surface area is 116 Å². The third-order valence-corrected chi connectivity index (χ3v) is 5.54. The summed E-state index contributed by atoms with van der Waals surface area (Å²) in [4.78, 5) is 0.932. The van der Waals surface area contributed by atoms with Crippen molar-refractivity contribution in [3.8, 4) is 0 Å². The summed E-state index contributed by atoms with van der Waals surface area (Å²) in [5, 5.41) is 18.1. The van der Waals surface area contributed by atoms with Gasteiger partial charge < -0.3 is 5.32 Å². The SMILES string of the molecule is CC(C)c1nnc2sc(C3NCC4CCCC43)nn12. The lowest BCUT2D eigenvalue weighted by Crippen LogP contribution is -2.18. The van der Waals surface area contributed by atoms with Crippen LogP contribution in [0.15, 0.2) is 0 Å². The van der Waals surface area contributed by atoms with Crippen molar-refractivity contribution in [1.82, 2.24) is 25.1 Å². The van der Waals surface area contributed by atoms with Crippen LogP contribution in [0.4, 0.5) is 0 Å². The van der Waals surface area contributed by atoms with E-state index in [1.807, 2.05) is 4.52 Å². The second-order valence-electron chi connectivity index (χ2n) is 6.09. The van der Waals surface area contributed by atoms with Crippen LogP contribution >= 0.6 is 11.3 Å². The highest BCUT2D eigenvalue weighted by Crippen LogP contribution is 2.45. The molecule has 1 aliphatic carbocycles. The number of rotatable bonds is 2. The van der Waals surface area contributed by atoms with E-state index in [2.05, 4.69) is 29.4 Å². The fraction of sp³-hybridized carbons (Fsp3) is 0.769. The maximum Gasteiger partial charge on any atom is 0.234 e. The summed E-state index contributed by atoms with van der Waals surface area (Å²) in [6, 6.07) is 0.444. The normalized spacial score (nSPS) is 30.6.